The van der Waals surface area contributed by atoms with Crippen LogP contribution in [0.3, 0.4) is 0 Å². The molecule has 0 fully saturated rings. The van der Waals surface area contributed by atoms with Crippen LogP contribution in [0.4, 0.5) is 11.5 Å². The molecular weight excluding hydrogens is 222 g/mol. The summed E-state index contributed by atoms with van der Waals surface area (Å²) in [6.07, 6.45) is 1.63. The van der Waals surface area contributed by atoms with Crippen molar-refractivity contribution < 1.29 is 0 Å². The Kier molecular flexibility index (Phi) is 3.06. The van der Waals surface area contributed by atoms with E-state index in [0.717, 1.165) is 5.69 Å². The molecule has 1 aromatic heterocycles. The average molecular weight is 234 g/mol. The van der Waals surface area contributed by atoms with Gasteiger partial charge in [-0.3, -0.25) is 0 Å². The van der Waals surface area contributed by atoms with Crippen LogP contribution in [0.5, 0.6) is 0 Å². The van der Waals surface area contributed by atoms with E-state index in [1.165, 1.54) is 11.1 Å². The van der Waals surface area contributed by atoms with Crippen molar-refractivity contribution in [3.63, 3.8) is 0 Å². The van der Waals surface area contributed by atoms with Crippen LogP contribution in [0.15, 0.2) is 30.5 Å². The van der Waals surface area contributed by atoms with Crippen molar-refractivity contribution in [2.75, 3.05) is 5.32 Å². The lowest BCUT2D eigenvalue weighted by Gasteiger charge is -2.10. The standard InChI is InChI=1S/C12H12ClN3/c1-8-4-3-5-10(9(8)2)15-11-6-7-14-12(13)16-11/h3-7H,1-2H3,(H,14,15,16). The molecule has 3 nitrogen and oxygen atoms in total. The second-order valence-electron chi connectivity index (χ2n) is 3.58. The quantitative estimate of drug-likeness (QED) is 0.807. The molecule has 0 aliphatic rings. The molecule has 2 rings (SSSR count). The van der Waals surface area contributed by atoms with Crippen LogP contribution in [0.1, 0.15) is 11.1 Å². The van der Waals surface area contributed by atoms with Crippen molar-refractivity contribution in [3.05, 3.63) is 46.9 Å². The summed E-state index contributed by atoms with van der Waals surface area (Å²) < 4.78 is 0. The number of benzene rings is 1. The minimum atomic E-state index is 0.246. The summed E-state index contributed by atoms with van der Waals surface area (Å²) >= 11 is 5.72. The summed E-state index contributed by atoms with van der Waals surface area (Å²) in [5.41, 5.74) is 3.48. The van der Waals surface area contributed by atoms with E-state index >= 15 is 0 Å². The predicted molar refractivity (Wildman–Crippen MR) is 66.2 cm³/mol. The number of nitrogens with zero attached hydrogens (tertiary/aromatic N) is 2. The fraction of sp³-hybridized carbons (Fsp3) is 0.167. The Bertz CT molecular complexity index is 511. The molecule has 0 bridgehead atoms. The second-order valence-corrected chi connectivity index (χ2v) is 3.92. The third-order valence-corrected chi connectivity index (χ3v) is 2.68. The average Bonchev–Trinajstić information content (AvgIpc) is 2.25. The molecule has 0 amide bonds. The molecule has 0 aliphatic heterocycles. The Morgan fingerprint density at radius 1 is 1.19 bits per heavy atom. The highest BCUT2D eigenvalue weighted by atomic mass is 35.5. The molecule has 1 aromatic carbocycles. The zero-order valence-electron chi connectivity index (χ0n) is 9.16. The molecule has 0 saturated heterocycles. The molecule has 0 atom stereocenters. The monoisotopic (exact) mass is 233 g/mol. The maximum Gasteiger partial charge on any atom is 0.224 e. The highest BCUT2D eigenvalue weighted by molar-refractivity contribution is 6.28. The first-order chi connectivity index (χ1) is 7.66. The SMILES string of the molecule is Cc1cccc(Nc2ccnc(Cl)n2)c1C. The van der Waals surface area contributed by atoms with Gasteiger partial charge in [0.05, 0.1) is 0 Å². The van der Waals surface area contributed by atoms with Crippen LogP contribution < -0.4 is 5.32 Å². The van der Waals surface area contributed by atoms with E-state index in [-0.39, 0.29) is 5.28 Å². The van der Waals surface area contributed by atoms with Crippen LogP contribution in [0.25, 0.3) is 0 Å². The normalized spacial score (nSPS) is 10.2. The summed E-state index contributed by atoms with van der Waals surface area (Å²) in [5, 5.41) is 3.46. The molecule has 0 saturated carbocycles. The third kappa shape index (κ3) is 2.31. The lowest BCUT2D eigenvalue weighted by Crippen LogP contribution is -1.97. The van der Waals surface area contributed by atoms with Crippen LogP contribution >= 0.6 is 11.6 Å². The Hall–Kier alpha value is -1.61. The van der Waals surface area contributed by atoms with E-state index < -0.39 is 0 Å². The van der Waals surface area contributed by atoms with Gasteiger partial charge in [0.25, 0.3) is 0 Å². The van der Waals surface area contributed by atoms with E-state index in [4.69, 9.17) is 11.6 Å². The number of hydrogen-bond donors (Lipinski definition) is 1. The largest absolute Gasteiger partial charge is 0.340 e. The summed E-state index contributed by atoms with van der Waals surface area (Å²) in [6.45, 7) is 4.15. The maximum atomic E-state index is 5.72. The smallest absolute Gasteiger partial charge is 0.224 e. The van der Waals surface area contributed by atoms with Gasteiger partial charge in [0.2, 0.25) is 5.28 Å². The lowest BCUT2D eigenvalue weighted by atomic mass is 10.1. The van der Waals surface area contributed by atoms with Gasteiger partial charge in [-0.15, -0.1) is 0 Å². The number of rotatable bonds is 2. The van der Waals surface area contributed by atoms with E-state index in [2.05, 4.69) is 35.2 Å². The highest BCUT2D eigenvalue weighted by Gasteiger charge is 2.02. The summed E-state index contributed by atoms with van der Waals surface area (Å²) in [5.74, 6) is 0.703. The Morgan fingerprint density at radius 3 is 2.75 bits per heavy atom. The van der Waals surface area contributed by atoms with E-state index in [1.54, 1.807) is 12.3 Å². The van der Waals surface area contributed by atoms with Crippen molar-refractivity contribution in [2.45, 2.75) is 13.8 Å². The molecule has 0 radical (unpaired) electrons. The molecule has 0 spiro atoms. The molecule has 0 unspecified atom stereocenters. The number of hydrogen-bond acceptors (Lipinski definition) is 3. The van der Waals surface area contributed by atoms with Gasteiger partial charge in [-0.2, -0.15) is 0 Å². The van der Waals surface area contributed by atoms with E-state index in [0.29, 0.717) is 5.82 Å². The van der Waals surface area contributed by atoms with E-state index in [1.807, 2.05) is 12.1 Å². The van der Waals surface area contributed by atoms with Crippen LogP contribution in [0.2, 0.25) is 5.28 Å². The summed E-state index contributed by atoms with van der Waals surface area (Å²) in [7, 11) is 0. The van der Waals surface area contributed by atoms with E-state index in [9.17, 15) is 0 Å². The van der Waals surface area contributed by atoms with Crippen molar-refractivity contribution in [1.82, 2.24) is 9.97 Å². The minimum absolute atomic E-state index is 0.246. The Labute approximate surface area is 99.5 Å². The van der Waals surface area contributed by atoms with Gasteiger partial charge in [0.15, 0.2) is 0 Å². The van der Waals surface area contributed by atoms with Crippen molar-refractivity contribution in [3.8, 4) is 0 Å². The Balaban J connectivity index is 2.31. The molecule has 1 N–H and O–H groups in total. The van der Waals surface area contributed by atoms with Crippen molar-refractivity contribution in [1.29, 1.82) is 0 Å². The van der Waals surface area contributed by atoms with Gasteiger partial charge in [0, 0.05) is 11.9 Å². The van der Waals surface area contributed by atoms with Gasteiger partial charge >= 0.3 is 0 Å². The molecular formula is C12H12ClN3. The van der Waals surface area contributed by atoms with Crippen molar-refractivity contribution in [2.24, 2.45) is 0 Å². The number of aromatic nitrogens is 2. The zero-order valence-corrected chi connectivity index (χ0v) is 9.92. The molecule has 0 aliphatic carbocycles. The van der Waals surface area contributed by atoms with Gasteiger partial charge in [0.1, 0.15) is 5.82 Å². The first-order valence-electron chi connectivity index (χ1n) is 4.98. The van der Waals surface area contributed by atoms with Gasteiger partial charge < -0.3 is 5.32 Å². The van der Waals surface area contributed by atoms with Crippen LogP contribution in [0, 0.1) is 13.8 Å². The Morgan fingerprint density at radius 2 is 2.00 bits per heavy atom. The third-order valence-electron chi connectivity index (χ3n) is 2.49. The fourth-order valence-electron chi connectivity index (χ4n) is 1.43. The van der Waals surface area contributed by atoms with Gasteiger partial charge in [-0.1, -0.05) is 12.1 Å². The molecule has 2 aromatic rings. The first-order valence-corrected chi connectivity index (χ1v) is 5.36. The molecule has 1 heterocycles. The highest BCUT2D eigenvalue weighted by Crippen LogP contribution is 2.21. The van der Waals surface area contributed by atoms with Crippen LogP contribution in [-0.2, 0) is 0 Å². The maximum absolute atomic E-state index is 5.72. The summed E-state index contributed by atoms with van der Waals surface area (Å²) in [4.78, 5) is 7.92. The fourth-order valence-corrected chi connectivity index (χ4v) is 1.58. The van der Waals surface area contributed by atoms with Gasteiger partial charge in [-0.05, 0) is 48.7 Å². The lowest BCUT2D eigenvalue weighted by molar-refractivity contribution is 1.16. The number of anilines is 2. The topological polar surface area (TPSA) is 37.8 Å². The number of aryl methyl sites for hydroxylation is 1. The molecule has 82 valence electrons. The minimum Gasteiger partial charge on any atom is -0.340 e. The second kappa shape index (κ2) is 4.49. The molecule has 4 heteroatoms. The van der Waals surface area contributed by atoms with Crippen LogP contribution in [-0.4, -0.2) is 9.97 Å². The molecule has 16 heavy (non-hydrogen) atoms. The zero-order chi connectivity index (χ0) is 11.5. The number of nitrogens with one attached hydrogen (secondary N) is 1. The predicted octanol–water partition coefficient (Wildman–Crippen LogP) is 3.49. The van der Waals surface area contributed by atoms with Gasteiger partial charge in [-0.25, -0.2) is 9.97 Å². The summed E-state index contributed by atoms with van der Waals surface area (Å²) in [6, 6.07) is 7.88. The first kappa shape index (κ1) is 10.9. The van der Waals surface area contributed by atoms with Crippen molar-refractivity contribution >= 4 is 23.1 Å². The number of halogens is 1.